The zero-order valence-corrected chi connectivity index (χ0v) is 19.3. The predicted octanol–water partition coefficient (Wildman–Crippen LogP) is 3.70. The van der Waals surface area contributed by atoms with E-state index in [0.717, 1.165) is 43.6 Å². The highest BCUT2D eigenvalue weighted by atomic mass is 16.2. The molecule has 2 aliphatic rings. The van der Waals surface area contributed by atoms with Gasteiger partial charge in [0.05, 0.1) is 0 Å². The Kier molecular flexibility index (Phi) is 6.67. The van der Waals surface area contributed by atoms with Crippen LogP contribution in [0.15, 0.2) is 79.1 Å². The summed E-state index contributed by atoms with van der Waals surface area (Å²) in [5.74, 6) is 0.0259. The summed E-state index contributed by atoms with van der Waals surface area (Å²) in [4.78, 5) is 37.1. The Bertz CT molecular complexity index is 1130. The highest BCUT2D eigenvalue weighted by Crippen LogP contribution is 2.25. The fourth-order valence-electron chi connectivity index (χ4n) is 4.98. The van der Waals surface area contributed by atoms with E-state index in [9.17, 15) is 9.59 Å². The first kappa shape index (κ1) is 22.3. The Morgan fingerprint density at radius 3 is 2.41 bits per heavy atom. The van der Waals surface area contributed by atoms with E-state index in [-0.39, 0.29) is 17.9 Å². The van der Waals surface area contributed by atoms with Crippen LogP contribution in [0.2, 0.25) is 0 Å². The van der Waals surface area contributed by atoms with Crippen molar-refractivity contribution in [2.24, 2.45) is 0 Å². The number of benzene rings is 2. The number of aromatic nitrogens is 1. The van der Waals surface area contributed by atoms with Gasteiger partial charge in [0.2, 0.25) is 5.91 Å². The summed E-state index contributed by atoms with van der Waals surface area (Å²) in [7, 11) is 0. The monoisotopic (exact) mass is 454 g/mol. The van der Waals surface area contributed by atoms with Gasteiger partial charge in [-0.2, -0.15) is 0 Å². The Hall–Kier alpha value is -3.51. The molecule has 2 aromatic carbocycles. The summed E-state index contributed by atoms with van der Waals surface area (Å²) in [6.45, 7) is 4.66. The standard InChI is InChI=1S/C28H30N4O2/c33-27(24-10-4-9-23(19-24)25-11-5-13-29-20-25)32-14-6-12-26(32)28(34)31-17-15-30(16-18-31)21-22-7-2-1-3-8-22/h1-5,7-11,13,19-20,26H,6,12,14-18,21H2. The fourth-order valence-corrected chi connectivity index (χ4v) is 4.98. The number of carbonyl (C=O) groups excluding carboxylic acids is 2. The molecule has 0 aliphatic carbocycles. The minimum absolute atomic E-state index is 0.0655. The topological polar surface area (TPSA) is 56.8 Å². The lowest BCUT2D eigenvalue weighted by Crippen LogP contribution is -2.54. The summed E-state index contributed by atoms with van der Waals surface area (Å²) in [6, 6.07) is 21.6. The molecule has 0 radical (unpaired) electrons. The van der Waals surface area contributed by atoms with Gasteiger partial charge in [0, 0.05) is 62.8 Å². The minimum Gasteiger partial charge on any atom is -0.338 e. The molecule has 0 spiro atoms. The molecule has 5 rings (SSSR count). The van der Waals surface area contributed by atoms with E-state index >= 15 is 0 Å². The van der Waals surface area contributed by atoms with E-state index < -0.39 is 0 Å². The number of nitrogens with zero attached hydrogens (tertiary/aromatic N) is 4. The van der Waals surface area contributed by atoms with Crippen molar-refractivity contribution in [2.45, 2.75) is 25.4 Å². The predicted molar refractivity (Wildman–Crippen MR) is 132 cm³/mol. The van der Waals surface area contributed by atoms with Gasteiger partial charge in [0.15, 0.2) is 0 Å². The maximum Gasteiger partial charge on any atom is 0.254 e. The van der Waals surface area contributed by atoms with E-state index in [0.29, 0.717) is 25.2 Å². The number of piperazine rings is 1. The second kappa shape index (κ2) is 10.2. The first-order valence-electron chi connectivity index (χ1n) is 12.1. The molecular weight excluding hydrogens is 424 g/mol. The molecule has 34 heavy (non-hydrogen) atoms. The third-order valence-corrected chi connectivity index (χ3v) is 6.84. The van der Waals surface area contributed by atoms with Crippen LogP contribution >= 0.6 is 0 Å². The summed E-state index contributed by atoms with van der Waals surface area (Å²) in [5, 5.41) is 0. The van der Waals surface area contributed by atoms with Crippen LogP contribution in [0.3, 0.4) is 0 Å². The second-order valence-electron chi connectivity index (χ2n) is 9.07. The fraction of sp³-hybridized carbons (Fsp3) is 0.321. The van der Waals surface area contributed by atoms with E-state index in [4.69, 9.17) is 0 Å². The van der Waals surface area contributed by atoms with Gasteiger partial charge < -0.3 is 9.80 Å². The summed E-state index contributed by atoms with van der Waals surface area (Å²) in [6.07, 6.45) is 5.12. The van der Waals surface area contributed by atoms with E-state index in [1.54, 1.807) is 17.3 Å². The maximum atomic E-state index is 13.4. The van der Waals surface area contributed by atoms with Gasteiger partial charge >= 0.3 is 0 Å². The number of hydrogen-bond donors (Lipinski definition) is 0. The van der Waals surface area contributed by atoms with Gasteiger partial charge in [-0.1, -0.05) is 48.5 Å². The van der Waals surface area contributed by atoms with Crippen LogP contribution in [0, 0.1) is 0 Å². The Labute approximate surface area is 200 Å². The van der Waals surface area contributed by atoms with Crippen LogP contribution in [-0.4, -0.2) is 70.3 Å². The first-order chi connectivity index (χ1) is 16.7. The maximum absolute atomic E-state index is 13.4. The molecule has 6 heteroatoms. The van der Waals surface area contributed by atoms with Crippen LogP contribution < -0.4 is 0 Å². The van der Waals surface area contributed by atoms with Crippen molar-refractivity contribution >= 4 is 11.8 Å². The summed E-state index contributed by atoms with van der Waals surface area (Å²) >= 11 is 0. The van der Waals surface area contributed by atoms with Crippen molar-refractivity contribution in [1.82, 2.24) is 19.7 Å². The van der Waals surface area contributed by atoms with Crippen molar-refractivity contribution in [3.63, 3.8) is 0 Å². The number of amides is 2. The van der Waals surface area contributed by atoms with Crippen molar-refractivity contribution in [3.8, 4) is 11.1 Å². The molecule has 2 saturated heterocycles. The Balaban J connectivity index is 1.23. The lowest BCUT2D eigenvalue weighted by molar-refractivity contribution is -0.137. The molecule has 0 bridgehead atoms. The third kappa shape index (κ3) is 4.87. The first-order valence-corrected chi connectivity index (χ1v) is 12.1. The summed E-state index contributed by atoms with van der Waals surface area (Å²) in [5.41, 5.74) is 3.84. The Morgan fingerprint density at radius 1 is 0.853 bits per heavy atom. The van der Waals surface area contributed by atoms with Crippen LogP contribution in [-0.2, 0) is 11.3 Å². The van der Waals surface area contributed by atoms with Crippen molar-refractivity contribution in [2.75, 3.05) is 32.7 Å². The van der Waals surface area contributed by atoms with E-state index in [2.05, 4.69) is 34.1 Å². The lowest BCUT2D eigenvalue weighted by Gasteiger charge is -2.37. The molecule has 1 aromatic heterocycles. The highest BCUT2D eigenvalue weighted by Gasteiger charge is 2.37. The Morgan fingerprint density at radius 2 is 1.65 bits per heavy atom. The number of pyridine rings is 1. The number of rotatable bonds is 5. The molecule has 2 aliphatic heterocycles. The molecule has 1 unspecified atom stereocenters. The quantitative estimate of drug-likeness (QED) is 0.590. The summed E-state index contributed by atoms with van der Waals surface area (Å²) < 4.78 is 0. The van der Waals surface area contributed by atoms with E-state index in [1.807, 2.05) is 47.4 Å². The van der Waals surface area contributed by atoms with Crippen molar-refractivity contribution < 1.29 is 9.59 Å². The van der Waals surface area contributed by atoms with Crippen molar-refractivity contribution in [3.05, 3.63) is 90.3 Å². The molecule has 0 N–H and O–H groups in total. The van der Waals surface area contributed by atoms with E-state index in [1.165, 1.54) is 5.56 Å². The largest absolute Gasteiger partial charge is 0.338 e. The van der Waals surface area contributed by atoms with Crippen molar-refractivity contribution in [1.29, 1.82) is 0 Å². The SMILES string of the molecule is O=C(C1CCCN1C(=O)c1cccc(-c2cccnc2)c1)N1CCN(Cc2ccccc2)CC1. The lowest BCUT2D eigenvalue weighted by atomic mass is 10.0. The average Bonchev–Trinajstić information content (AvgIpc) is 3.39. The molecule has 3 heterocycles. The third-order valence-electron chi connectivity index (χ3n) is 6.84. The average molecular weight is 455 g/mol. The van der Waals surface area contributed by atoms with Crippen LogP contribution in [0.4, 0.5) is 0 Å². The highest BCUT2D eigenvalue weighted by molar-refractivity contribution is 5.98. The van der Waals surface area contributed by atoms with Gasteiger partial charge in [0.25, 0.3) is 5.91 Å². The smallest absolute Gasteiger partial charge is 0.254 e. The molecule has 1 atom stereocenters. The van der Waals surface area contributed by atoms with Gasteiger partial charge in [-0.15, -0.1) is 0 Å². The normalized spacial score (nSPS) is 18.8. The molecule has 3 aromatic rings. The molecule has 2 amide bonds. The molecule has 174 valence electrons. The van der Waals surface area contributed by atoms with Crippen LogP contribution in [0.25, 0.3) is 11.1 Å². The van der Waals surface area contributed by atoms with Gasteiger partial charge in [0.1, 0.15) is 6.04 Å². The van der Waals surface area contributed by atoms with Gasteiger partial charge in [-0.05, 0) is 42.2 Å². The zero-order chi connectivity index (χ0) is 23.3. The minimum atomic E-state index is -0.366. The number of hydrogen-bond acceptors (Lipinski definition) is 4. The van der Waals surface area contributed by atoms with Crippen LogP contribution in [0.5, 0.6) is 0 Å². The number of likely N-dealkylation sites (tertiary alicyclic amines) is 1. The molecular formula is C28H30N4O2. The molecule has 0 saturated carbocycles. The zero-order valence-electron chi connectivity index (χ0n) is 19.3. The molecule has 2 fully saturated rings. The van der Waals surface area contributed by atoms with Gasteiger partial charge in [-0.3, -0.25) is 19.5 Å². The van der Waals surface area contributed by atoms with Gasteiger partial charge in [-0.25, -0.2) is 0 Å². The second-order valence-corrected chi connectivity index (χ2v) is 9.07. The molecule has 6 nitrogen and oxygen atoms in total. The van der Waals surface area contributed by atoms with Crippen LogP contribution in [0.1, 0.15) is 28.8 Å². The number of carbonyl (C=O) groups is 2.